The van der Waals surface area contributed by atoms with Crippen LogP contribution in [0.1, 0.15) is 10.4 Å². The Hall–Kier alpha value is -1.13. The molecular formula is C15H12Cl4N2O. The number of halogens is 4. The summed E-state index contributed by atoms with van der Waals surface area (Å²) in [5.74, 6) is -0.401. The summed E-state index contributed by atoms with van der Waals surface area (Å²) in [6, 6.07) is 15.6. The average Bonchev–Trinajstić information content (AvgIpc) is 2.46. The van der Waals surface area contributed by atoms with Crippen LogP contribution in [0.4, 0.5) is 5.69 Å². The summed E-state index contributed by atoms with van der Waals surface area (Å²) in [5.41, 5.74) is 1.09. The van der Waals surface area contributed by atoms with E-state index in [2.05, 4.69) is 10.6 Å². The fraction of sp³-hybridized carbons (Fsp3) is 0.133. The maximum Gasteiger partial charge on any atom is 0.253 e. The highest BCUT2D eigenvalue weighted by Gasteiger charge is 2.34. The maximum absolute atomic E-state index is 12.3. The Morgan fingerprint density at radius 3 is 2.27 bits per heavy atom. The van der Waals surface area contributed by atoms with Crippen molar-refractivity contribution in [3.05, 3.63) is 65.2 Å². The van der Waals surface area contributed by atoms with E-state index in [1.807, 2.05) is 18.2 Å². The number of amides is 1. The molecule has 0 saturated heterocycles. The van der Waals surface area contributed by atoms with E-state index in [0.717, 1.165) is 0 Å². The van der Waals surface area contributed by atoms with Crippen LogP contribution in [0.3, 0.4) is 0 Å². The molecule has 0 heterocycles. The van der Waals surface area contributed by atoms with Crippen molar-refractivity contribution in [1.82, 2.24) is 5.32 Å². The summed E-state index contributed by atoms with van der Waals surface area (Å²) in [6.07, 6.45) is -0.911. The second-order valence-corrected chi connectivity index (χ2v) is 7.27. The van der Waals surface area contributed by atoms with Crippen molar-refractivity contribution in [3.8, 4) is 0 Å². The molecule has 1 amide bonds. The minimum atomic E-state index is -1.73. The van der Waals surface area contributed by atoms with Crippen molar-refractivity contribution in [1.29, 1.82) is 0 Å². The molecule has 0 aliphatic heterocycles. The van der Waals surface area contributed by atoms with Gasteiger partial charge in [-0.2, -0.15) is 0 Å². The Bertz CT molecular complexity index is 643. The van der Waals surface area contributed by atoms with Crippen molar-refractivity contribution < 1.29 is 4.79 Å². The highest BCUT2D eigenvalue weighted by molar-refractivity contribution is 6.68. The van der Waals surface area contributed by atoms with Gasteiger partial charge in [0.15, 0.2) is 0 Å². The quantitative estimate of drug-likeness (QED) is 0.588. The molecule has 0 radical (unpaired) electrons. The molecule has 0 unspecified atom stereocenters. The molecule has 2 N–H and O–H groups in total. The molecule has 0 saturated carbocycles. The van der Waals surface area contributed by atoms with Crippen LogP contribution in [-0.4, -0.2) is 15.9 Å². The summed E-state index contributed by atoms with van der Waals surface area (Å²) >= 11 is 23.7. The van der Waals surface area contributed by atoms with Crippen LogP contribution < -0.4 is 10.6 Å². The highest BCUT2D eigenvalue weighted by Crippen LogP contribution is 2.31. The number of nitrogens with one attached hydrogen (secondary N) is 2. The predicted molar refractivity (Wildman–Crippen MR) is 93.1 cm³/mol. The van der Waals surface area contributed by atoms with E-state index in [-0.39, 0.29) is 0 Å². The SMILES string of the molecule is O=C(N[C@@H](Nc1ccccc1)C(Cl)(Cl)Cl)c1cccc(Cl)c1. The van der Waals surface area contributed by atoms with Gasteiger partial charge in [0.25, 0.3) is 5.91 Å². The first-order valence-corrected chi connectivity index (χ1v) is 7.82. The number of rotatable bonds is 4. The molecule has 0 bridgehead atoms. The van der Waals surface area contributed by atoms with Gasteiger partial charge in [-0.1, -0.05) is 70.7 Å². The van der Waals surface area contributed by atoms with Gasteiger partial charge in [-0.15, -0.1) is 0 Å². The molecule has 0 fully saturated rings. The molecule has 22 heavy (non-hydrogen) atoms. The normalized spacial score (nSPS) is 12.5. The molecule has 0 aliphatic carbocycles. The van der Waals surface area contributed by atoms with Crippen LogP contribution in [0.2, 0.25) is 5.02 Å². The molecule has 116 valence electrons. The zero-order chi connectivity index (χ0) is 16.2. The van der Waals surface area contributed by atoms with Gasteiger partial charge >= 0.3 is 0 Å². The van der Waals surface area contributed by atoms with Gasteiger partial charge in [0, 0.05) is 16.3 Å². The lowest BCUT2D eigenvalue weighted by molar-refractivity contribution is 0.0942. The van der Waals surface area contributed by atoms with Crippen molar-refractivity contribution in [2.24, 2.45) is 0 Å². The Morgan fingerprint density at radius 2 is 1.68 bits per heavy atom. The Kier molecular flexibility index (Phi) is 5.81. The first-order chi connectivity index (χ1) is 10.4. The molecule has 2 aromatic rings. The zero-order valence-electron chi connectivity index (χ0n) is 11.2. The Balaban J connectivity index is 2.15. The van der Waals surface area contributed by atoms with Gasteiger partial charge in [0.05, 0.1) is 0 Å². The van der Waals surface area contributed by atoms with Crippen LogP contribution in [0, 0.1) is 0 Å². The standard InChI is InChI=1S/C15H12Cl4N2O/c16-11-6-4-5-10(9-11)13(22)21-14(15(17,18)19)20-12-7-2-1-3-8-12/h1-9,14,20H,(H,21,22)/t14-/m1/s1. The van der Waals surface area contributed by atoms with Crippen molar-refractivity contribution in [2.75, 3.05) is 5.32 Å². The number of benzene rings is 2. The van der Waals surface area contributed by atoms with E-state index in [4.69, 9.17) is 46.4 Å². The zero-order valence-corrected chi connectivity index (χ0v) is 14.2. The van der Waals surface area contributed by atoms with E-state index in [1.165, 1.54) is 6.07 Å². The lowest BCUT2D eigenvalue weighted by Gasteiger charge is -2.27. The molecule has 0 aliphatic rings. The number of carbonyl (C=O) groups is 1. The molecule has 0 aromatic heterocycles. The number of hydrogen-bond acceptors (Lipinski definition) is 2. The van der Waals surface area contributed by atoms with Crippen molar-refractivity contribution in [3.63, 3.8) is 0 Å². The fourth-order valence-corrected chi connectivity index (χ4v) is 2.26. The maximum atomic E-state index is 12.3. The number of alkyl halides is 3. The highest BCUT2D eigenvalue weighted by atomic mass is 35.6. The minimum absolute atomic E-state index is 0.376. The lowest BCUT2D eigenvalue weighted by atomic mass is 10.2. The lowest BCUT2D eigenvalue weighted by Crippen LogP contribution is -2.49. The largest absolute Gasteiger partial charge is 0.362 e. The van der Waals surface area contributed by atoms with E-state index < -0.39 is 15.9 Å². The average molecular weight is 378 g/mol. The molecular weight excluding hydrogens is 366 g/mol. The Morgan fingerprint density at radius 1 is 1.00 bits per heavy atom. The van der Waals surface area contributed by atoms with Crippen molar-refractivity contribution in [2.45, 2.75) is 9.96 Å². The molecule has 0 spiro atoms. The van der Waals surface area contributed by atoms with Gasteiger partial charge in [-0.25, -0.2) is 0 Å². The smallest absolute Gasteiger partial charge is 0.253 e. The van der Waals surface area contributed by atoms with Gasteiger partial charge in [0.2, 0.25) is 3.79 Å². The van der Waals surface area contributed by atoms with E-state index in [9.17, 15) is 4.79 Å². The predicted octanol–water partition coefficient (Wildman–Crippen LogP) is 4.88. The third-order valence-corrected chi connectivity index (χ3v) is 3.66. The topological polar surface area (TPSA) is 41.1 Å². The fourth-order valence-electron chi connectivity index (χ4n) is 1.74. The van der Waals surface area contributed by atoms with Crippen LogP contribution in [0.15, 0.2) is 54.6 Å². The number of para-hydroxylation sites is 1. The summed E-state index contributed by atoms with van der Waals surface area (Å²) in [4.78, 5) is 12.3. The van der Waals surface area contributed by atoms with Gasteiger partial charge in [-0.3, -0.25) is 4.79 Å². The van der Waals surface area contributed by atoms with E-state index in [0.29, 0.717) is 16.3 Å². The van der Waals surface area contributed by atoms with Gasteiger partial charge in [0.1, 0.15) is 6.17 Å². The first kappa shape index (κ1) is 17.2. The molecule has 3 nitrogen and oxygen atoms in total. The molecule has 1 atom stereocenters. The van der Waals surface area contributed by atoms with Gasteiger partial charge < -0.3 is 10.6 Å². The summed E-state index contributed by atoms with van der Waals surface area (Å²) in [5, 5.41) is 6.07. The Labute approximate surface area is 148 Å². The molecule has 7 heteroatoms. The minimum Gasteiger partial charge on any atom is -0.362 e. The second-order valence-electron chi connectivity index (χ2n) is 4.47. The number of anilines is 1. The first-order valence-electron chi connectivity index (χ1n) is 6.31. The summed E-state index contributed by atoms with van der Waals surface area (Å²) in [6.45, 7) is 0. The van der Waals surface area contributed by atoms with Gasteiger partial charge in [-0.05, 0) is 30.3 Å². The van der Waals surface area contributed by atoms with E-state index in [1.54, 1.807) is 30.3 Å². The second kappa shape index (κ2) is 7.42. The van der Waals surface area contributed by atoms with E-state index >= 15 is 0 Å². The molecule has 2 aromatic carbocycles. The summed E-state index contributed by atoms with van der Waals surface area (Å²) in [7, 11) is 0. The van der Waals surface area contributed by atoms with Crippen LogP contribution >= 0.6 is 46.4 Å². The third-order valence-electron chi connectivity index (χ3n) is 2.77. The third kappa shape index (κ3) is 4.96. The molecule has 2 rings (SSSR count). The number of carbonyl (C=O) groups excluding carboxylic acids is 1. The van der Waals surface area contributed by atoms with Crippen LogP contribution in [0.25, 0.3) is 0 Å². The van der Waals surface area contributed by atoms with Crippen LogP contribution in [-0.2, 0) is 0 Å². The number of hydrogen-bond donors (Lipinski definition) is 2. The summed E-state index contributed by atoms with van der Waals surface area (Å²) < 4.78 is -1.73. The van der Waals surface area contributed by atoms with Crippen molar-refractivity contribution >= 4 is 58.0 Å². The van der Waals surface area contributed by atoms with Crippen LogP contribution in [0.5, 0.6) is 0 Å². The monoisotopic (exact) mass is 376 g/mol.